The molecule has 0 aromatic heterocycles. The fraction of sp³-hybridized carbons (Fsp3) is 1.00. The molecular formula is C4H13O2S. The van der Waals surface area contributed by atoms with Gasteiger partial charge in [0, 0.05) is 0 Å². The normalized spacial score (nSPS) is 16.3. The van der Waals surface area contributed by atoms with E-state index in [1.165, 1.54) is 0 Å². The Hall–Kier alpha value is 0.110. The molecule has 47 valence electrons. The van der Waals surface area contributed by atoms with E-state index in [9.17, 15) is 4.21 Å². The van der Waals surface area contributed by atoms with Crippen molar-refractivity contribution in [2.24, 2.45) is 0 Å². The summed E-state index contributed by atoms with van der Waals surface area (Å²) in [5, 5.41) is 0. The van der Waals surface area contributed by atoms with Crippen LogP contribution in [0.3, 0.4) is 0 Å². The van der Waals surface area contributed by atoms with E-state index in [0.29, 0.717) is 0 Å². The maximum absolute atomic E-state index is 10.8. The highest BCUT2D eigenvalue weighted by Gasteiger charge is 2.05. The Morgan fingerprint density at radius 1 is 1.00 bits per heavy atom. The Morgan fingerprint density at radius 2 is 1.00 bits per heavy atom. The summed E-state index contributed by atoms with van der Waals surface area (Å²) in [4.78, 5) is 0. The molecule has 7 heavy (non-hydrogen) atoms. The van der Waals surface area contributed by atoms with E-state index in [-0.39, 0.29) is 5.48 Å². The van der Waals surface area contributed by atoms with Gasteiger partial charge in [0.05, 0.1) is 0 Å². The highest BCUT2D eigenvalue weighted by atomic mass is 32.3. The zero-order valence-electron chi connectivity index (χ0n) is 5.26. The molecule has 0 amide bonds. The summed E-state index contributed by atoms with van der Waals surface area (Å²) in [6.45, 7) is 0. The fourth-order valence-electron chi connectivity index (χ4n) is 0. The van der Waals surface area contributed by atoms with Crippen LogP contribution in [0.2, 0.25) is 0 Å². The van der Waals surface area contributed by atoms with Crippen LogP contribution in [0.15, 0.2) is 0 Å². The summed E-state index contributed by atoms with van der Waals surface area (Å²) in [6.07, 6.45) is 7.04. The first kappa shape index (κ1) is 10.2. The summed E-state index contributed by atoms with van der Waals surface area (Å²) in [5.41, 5.74) is 0. The van der Waals surface area contributed by atoms with Crippen LogP contribution >= 0.6 is 0 Å². The number of hydrogen-bond donors (Lipinski definition) is 1. The predicted molar refractivity (Wildman–Crippen MR) is 33.8 cm³/mol. The van der Waals surface area contributed by atoms with Crippen LogP contribution < -0.4 is 0 Å². The Kier molecular flexibility index (Phi) is 2.27. The quantitative estimate of drug-likeness (QED) is 0.492. The molecule has 0 spiro atoms. The molecule has 1 N–H and O–H groups in total. The molecule has 0 aliphatic rings. The molecule has 0 aromatic rings. The molecule has 3 heteroatoms. The van der Waals surface area contributed by atoms with Crippen molar-refractivity contribution in [3.05, 3.63) is 0 Å². The second-order valence-electron chi connectivity index (χ2n) is 3.12. The summed E-state index contributed by atoms with van der Waals surface area (Å²) in [6, 6.07) is 0. The highest BCUT2D eigenvalue weighted by molar-refractivity contribution is 8.17. The van der Waals surface area contributed by atoms with Gasteiger partial charge in [-0.15, -0.1) is 9.07 Å². The van der Waals surface area contributed by atoms with E-state index >= 15 is 0 Å². The second-order valence-corrected chi connectivity index (χ2v) is 9.35. The largest absolute Gasteiger partial charge is 0.283 e. The Balaban J connectivity index is 0. The molecule has 0 atom stereocenters. The monoisotopic (exact) mass is 125 g/mol. The van der Waals surface area contributed by atoms with Gasteiger partial charge >= 0.3 is 0 Å². The van der Waals surface area contributed by atoms with Gasteiger partial charge in [-0.2, -0.15) is 0 Å². The molecule has 0 unspecified atom stereocenters. The van der Waals surface area contributed by atoms with E-state index in [1.807, 2.05) is 0 Å². The lowest BCUT2D eigenvalue weighted by atomic mass is 11.8. The van der Waals surface area contributed by atoms with Crippen molar-refractivity contribution in [1.82, 2.24) is 0 Å². The lowest BCUT2D eigenvalue weighted by molar-refractivity contribution is 0.673. The average molecular weight is 125 g/mol. The zero-order valence-corrected chi connectivity index (χ0v) is 6.08. The van der Waals surface area contributed by atoms with Crippen molar-refractivity contribution in [3.63, 3.8) is 0 Å². The average Bonchev–Trinajstić information content (AvgIpc) is 0.650. The minimum absolute atomic E-state index is 0. The minimum Gasteiger partial charge on any atom is -0.283 e. The minimum atomic E-state index is -2.10. The molecule has 2 nitrogen and oxygen atoms in total. The van der Waals surface area contributed by atoms with Crippen LogP contribution in [0.25, 0.3) is 0 Å². The lowest BCUT2D eigenvalue weighted by Crippen LogP contribution is -2.23. The third-order valence-corrected chi connectivity index (χ3v) is 0. The first-order chi connectivity index (χ1) is 2.24. The van der Waals surface area contributed by atoms with Gasteiger partial charge in [0.2, 0.25) is 0 Å². The van der Waals surface area contributed by atoms with Crippen molar-refractivity contribution in [2.75, 3.05) is 25.0 Å². The number of rotatable bonds is 0. The first-order valence-electron chi connectivity index (χ1n) is 1.80. The van der Waals surface area contributed by atoms with Crippen molar-refractivity contribution in [2.45, 2.75) is 0 Å². The maximum atomic E-state index is 10.8. The Morgan fingerprint density at radius 3 is 1.00 bits per heavy atom. The molecule has 0 bridgehead atoms. The van der Waals surface area contributed by atoms with E-state index < -0.39 is 9.07 Å². The Bertz CT molecular complexity index is 87.3. The van der Waals surface area contributed by atoms with E-state index in [0.717, 1.165) is 0 Å². The van der Waals surface area contributed by atoms with Gasteiger partial charge in [-0.1, -0.05) is 0 Å². The van der Waals surface area contributed by atoms with Crippen LogP contribution in [0.5, 0.6) is 0 Å². The summed E-state index contributed by atoms with van der Waals surface area (Å²) >= 11 is 0. The summed E-state index contributed by atoms with van der Waals surface area (Å²) < 4.78 is 10.8. The smallest absolute Gasteiger partial charge is 0.00868 e. The molecule has 0 rings (SSSR count). The summed E-state index contributed by atoms with van der Waals surface area (Å²) in [5.74, 6) is 0. The molecular weight excluding hydrogens is 112 g/mol. The second kappa shape index (κ2) is 1.56. The van der Waals surface area contributed by atoms with Crippen LogP contribution in [-0.4, -0.2) is 34.7 Å². The van der Waals surface area contributed by atoms with Gasteiger partial charge in [0.25, 0.3) is 0 Å². The molecule has 0 saturated heterocycles. The van der Waals surface area contributed by atoms with Crippen LogP contribution in [0.1, 0.15) is 0 Å². The van der Waals surface area contributed by atoms with E-state index in [1.54, 1.807) is 25.0 Å². The van der Waals surface area contributed by atoms with Gasteiger partial charge < -0.3 is 0 Å². The molecule has 0 aromatic carbocycles. The van der Waals surface area contributed by atoms with Crippen LogP contribution in [0, 0.1) is 0 Å². The standard InChI is InChI=1S/C4H12OS.HO/c1-6(2,3,4)5;/h1-4H3;1H. The maximum Gasteiger partial charge on any atom is -0.00868 e. The molecule has 1 radical (unpaired) electrons. The molecule has 0 saturated carbocycles. The lowest BCUT2D eigenvalue weighted by Gasteiger charge is -2.19. The van der Waals surface area contributed by atoms with Gasteiger partial charge in [-0.25, -0.2) is 0 Å². The van der Waals surface area contributed by atoms with Gasteiger partial charge in [0.15, 0.2) is 0 Å². The van der Waals surface area contributed by atoms with Gasteiger partial charge in [-0.3, -0.25) is 9.69 Å². The first-order valence-corrected chi connectivity index (χ1v) is 5.40. The van der Waals surface area contributed by atoms with E-state index in [2.05, 4.69) is 0 Å². The van der Waals surface area contributed by atoms with Crippen molar-refractivity contribution in [3.8, 4) is 0 Å². The van der Waals surface area contributed by atoms with Crippen LogP contribution in [0.4, 0.5) is 0 Å². The van der Waals surface area contributed by atoms with Crippen molar-refractivity contribution >= 4 is 9.07 Å². The third kappa shape index (κ3) is 8530. The van der Waals surface area contributed by atoms with Crippen molar-refractivity contribution in [1.29, 1.82) is 0 Å². The summed E-state index contributed by atoms with van der Waals surface area (Å²) in [7, 11) is -2.10. The van der Waals surface area contributed by atoms with Crippen molar-refractivity contribution < 1.29 is 9.69 Å². The zero-order chi connectivity index (χ0) is 5.45. The predicted octanol–water partition coefficient (Wildman–Crippen LogP) is 0.149. The molecule has 0 fully saturated rings. The van der Waals surface area contributed by atoms with E-state index in [4.69, 9.17) is 0 Å². The molecule has 0 aliphatic carbocycles. The van der Waals surface area contributed by atoms with Gasteiger partial charge in [0.1, 0.15) is 0 Å². The molecule has 0 aliphatic heterocycles. The van der Waals surface area contributed by atoms with Crippen LogP contribution in [-0.2, 0) is 9.07 Å². The Labute approximate surface area is 44.6 Å². The third-order valence-electron chi connectivity index (χ3n) is 0. The topological polar surface area (TPSA) is 47.1 Å². The SMILES string of the molecule is CS(C)(C)(C)=O.[OH]. The highest BCUT2D eigenvalue weighted by Crippen LogP contribution is 2.02. The fourth-order valence-corrected chi connectivity index (χ4v) is 0. The van der Waals surface area contributed by atoms with Gasteiger partial charge in [-0.05, 0) is 25.0 Å². The number of hydrogen-bond acceptors (Lipinski definition) is 1. The molecule has 0 heterocycles.